The maximum atomic E-state index is 12.1. The fraction of sp³-hybridized carbons (Fsp3) is 0.471. The second kappa shape index (κ2) is 5.79. The van der Waals surface area contributed by atoms with Gasteiger partial charge in [0.15, 0.2) is 6.04 Å². The Morgan fingerprint density at radius 2 is 2.24 bits per heavy atom. The van der Waals surface area contributed by atoms with Crippen molar-refractivity contribution >= 4 is 5.97 Å². The van der Waals surface area contributed by atoms with Gasteiger partial charge in [0.2, 0.25) is 0 Å². The second-order valence-corrected chi connectivity index (χ2v) is 6.27. The zero-order valence-corrected chi connectivity index (χ0v) is 12.6. The Hall–Kier alpha value is -1.99. The molecule has 0 aliphatic heterocycles. The molecule has 0 aromatic heterocycles. The van der Waals surface area contributed by atoms with Gasteiger partial charge in [-0.1, -0.05) is 12.0 Å². The average Bonchev–Trinajstić information content (AvgIpc) is 2.76. The zero-order chi connectivity index (χ0) is 15.6. The Balaban J connectivity index is 2.10. The topological polar surface area (TPSA) is 58.6 Å². The van der Waals surface area contributed by atoms with E-state index in [1.807, 2.05) is 6.07 Å². The summed E-state index contributed by atoms with van der Waals surface area (Å²) >= 11 is 0. The first-order chi connectivity index (χ1) is 9.80. The molecule has 0 amide bonds. The fourth-order valence-corrected chi connectivity index (χ4v) is 2.51. The molecule has 1 unspecified atom stereocenters. The van der Waals surface area contributed by atoms with Gasteiger partial charge < -0.3 is 9.84 Å². The molecule has 0 fully saturated rings. The smallest absolute Gasteiger partial charge is 0.336 e. The summed E-state index contributed by atoms with van der Waals surface area (Å²) in [6.45, 7) is 5.42. The standard InChI is InChI=1S/C17H21NO3/c1-5-14(16(20)21-17(2,3)4)18-15-9-7-11-6-8-12(19)10-13(11)15/h1,6,8,10,14-15,18-19H,7,9H2,2-4H3/t14-,15?/m1/s1. The van der Waals surface area contributed by atoms with E-state index >= 15 is 0 Å². The number of hydrogen-bond acceptors (Lipinski definition) is 4. The van der Waals surface area contributed by atoms with Crippen LogP contribution < -0.4 is 5.32 Å². The Morgan fingerprint density at radius 1 is 1.52 bits per heavy atom. The van der Waals surface area contributed by atoms with Gasteiger partial charge >= 0.3 is 5.97 Å². The lowest BCUT2D eigenvalue weighted by atomic mass is 10.1. The summed E-state index contributed by atoms with van der Waals surface area (Å²) in [4.78, 5) is 12.1. The van der Waals surface area contributed by atoms with Crippen LogP contribution in [0.4, 0.5) is 0 Å². The highest BCUT2D eigenvalue weighted by atomic mass is 16.6. The van der Waals surface area contributed by atoms with Gasteiger partial charge in [-0.2, -0.15) is 0 Å². The number of esters is 1. The predicted octanol–water partition coefficient (Wildman–Crippen LogP) is 2.31. The summed E-state index contributed by atoms with van der Waals surface area (Å²) in [6, 6.07) is 4.48. The van der Waals surface area contributed by atoms with Crippen LogP contribution in [-0.4, -0.2) is 22.7 Å². The lowest BCUT2D eigenvalue weighted by Crippen LogP contribution is -2.41. The number of rotatable bonds is 3. The van der Waals surface area contributed by atoms with E-state index in [4.69, 9.17) is 11.2 Å². The molecular weight excluding hydrogens is 266 g/mol. The quantitative estimate of drug-likeness (QED) is 0.661. The number of phenols is 1. The largest absolute Gasteiger partial charge is 0.508 e. The van der Waals surface area contributed by atoms with Crippen LogP contribution in [0.1, 0.15) is 44.4 Å². The van der Waals surface area contributed by atoms with E-state index in [-0.39, 0.29) is 11.8 Å². The van der Waals surface area contributed by atoms with Gasteiger partial charge in [-0.25, -0.2) is 4.79 Å². The van der Waals surface area contributed by atoms with Gasteiger partial charge in [0.25, 0.3) is 0 Å². The van der Waals surface area contributed by atoms with E-state index in [9.17, 15) is 9.90 Å². The molecule has 0 saturated heterocycles. The minimum Gasteiger partial charge on any atom is -0.508 e. The second-order valence-electron chi connectivity index (χ2n) is 6.27. The monoisotopic (exact) mass is 287 g/mol. The number of ether oxygens (including phenoxy) is 1. The first-order valence-corrected chi connectivity index (χ1v) is 7.07. The van der Waals surface area contributed by atoms with E-state index < -0.39 is 17.6 Å². The number of aryl methyl sites for hydroxylation is 1. The van der Waals surface area contributed by atoms with E-state index in [2.05, 4.69) is 11.2 Å². The molecule has 4 heteroatoms. The van der Waals surface area contributed by atoms with Crippen molar-refractivity contribution in [3.63, 3.8) is 0 Å². The molecule has 2 N–H and O–H groups in total. The number of benzene rings is 1. The van der Waals surface area contributed by atoms with Gasteiger partial charge in [-0.15, -0.1) is 6.42 Å². The van der Waals surface area contributed by atoms with Crippen molar-refractivity contribution in [2.75, 3.05) is 0 Å². The molecule has 0 radical (unpaired) electrons. The Morgan fingerprint density at radius 3 is 2.86 bits per heavy atom. The SMILES string of the molecule is C#C[C@@H](NC1CCc2ccc(O)cc21)C(=O)OC(C)(C)C. The summed E-state index contributed by atoms with van der Waals surface area (Å²) in [6.07, 6.45) is 7.21. The van der Waals surface area contributed by atoms with Crippen molar-refractivity contribution in [1.29, 1.82) is 0 Å². The molecule has 2 atom stereocenters. The summed E-state index contributed by atoms with van der Waals surface area (Å²) in [5.74, 6) is 2.22. The number of nitrogens with one attached hydrogen (secondary N) is 1. The Labute approximate surface area is 125 Å². The van der Waals surface area contributed by atoms with Gasteiger partial charge in [0, 0.05) is 6.04 Å². The van der Waals surface area contributed by atoms with E-state index in [0.717, 1.165) is 18.4 Å². The highest BCUT2D eigenvalue weighted by Crippen LogP contribution is 2.33. The molecule has 21 heavy (non-hydrogen) atoms. The molecule has 0 spiro atoms. The molecule has 0 heterocycles. The molecule has 1 aliphatic carbocycles. The van der Waals surface area contributed by atoms with E-state index in [1.165, 1.54) is 5.56 Å². The number of aromatic hydroxyl groups is 1. The first-order valence-electron chi connectivity index (χ1n) is 7.07. The summed E-state index contributed by atoms with van der Waals surface area (Å²) in [5, 5.41) is 12.8. The average molecular weight is 287 g/mol. The van der Waals surface area contributed by atoms with Gasteiger partial charge in [0.05, 0.1) is 0 Å². The highest BCUT2D eigenvalue weighted by molar-refractivity contribution is 5.79. The van der Waals surface area contributed by atoms with Crippen molar-refractivity contribution in [2.24, 2.45) is 0 Å². The van der Waals surface area contributed by atoms with Crippen molar-refractivity contribution < 1.29 is 14.6 Å². The van der Waals surface area contributed by atoms with Gasteiger partial charge in [-0.05, 0) is 56.9 Å². The van der Waals surface area contributed by atoms with E-state index in [1.54, 1.807) is 32.9 Å². The van der Waals surface area contributed by atoms with Crippen LogP contribution in [0.5, 0.6) is 5.75 Å². The molecule has 1 aliphatic rings. The summed E-state index contributed by atoms with van der Waals surface area (Å²) < 4.78 is 5.32. The van der Waals surface area contributed by atoms with Crippen LogP contribution in [0.25, 0.3) is 0 Å². The first kappa shape index (κ1) is 15.4. The molecule has 1 aromatic carbocycles. The van der Waals surface area contributed by atoms with Gasteiger partial charge in [0.1, 0.15) is 11.4 Å². The van der Waals surface area contributed by atoms with E-state index in [0.29, 0.717) is 0 Å². The summed E-state index contributed by atoms with van der Waals surface area (Å²) in [7, 11) is 0. The molecular formula is C17H21NO3. The highest BCUT2D eigenvalue weighted by Gasteiger charge is 2.29. The number of fused-ring (bicyclic) bond motifs is 1. The van der Waals surface area contributed by atoms with Crippen LogP contribution in [0, 0.1) is 12.3 Å². The Kier molecular flexibility index (Phi) is 4.24. The van der Waals surface area contributed by atoms with Crippen LogP contribution in [0.15, 0.2) is 18.2 Å². The third-order valence-corrected chi connectivity index (χ3v) is 3.38. The van der Waals surface area contributed by atoms with Crippen LogP contribution in [0.2, 0.25) is 0 Å². The number of hydrogen-bond donors (Lipinski definition) is 2. The zero-order valence-electron chi connectivity index (χ0n) is 12.6. The van der Waals surface area contributed by atoms with Crippen LogP contribution in [0.3, 0.4) is 0 Å². The van der Waals surface area contributed by atoms with Crippen molar-refractivity contribution in [2.45, 2.75) is 51.3 Å². The predicted molar refractivity (Wildman–Crippen MR) is 80.8 cm³/mol. The molecule has 2 rings (SSSR count). The number of carbonyl (C=O) groups excluding carboxylic acids is 1. The van der Waals surface area contributed by atoms with Crippen molar-refractivity contribution in [1.82, 2.24) is 5.32 Å². The molecule has 1 aromatic rings. The lowest BCUT2D eigenvalue weighted by Gasteiger charge is -2.24. The minimum absolute atomic E-state index is 0.0410. The van der Waals surface area contributed by atoms with Crippen LogP contribution in [-0.2, 0) is 16.0 Å². The number of phenolic OH excluding ortho intramolecular Hbond substituents is 1. The molecule has 112 valence electrons. The number of terminal acetylenes is 1. The van der Waals surface area contributed by atoms with Gasteiger partial charge in [-0.3, -0.25) is 5.32 Å². The van der Waals surface area contributed by atoms with Crippen molar-refractivity contribution in [3.8, 4) is 18.1 Å². The lowest BCUT2D eigenvalue weighted by molar-refractivity contribution is -0.156. The number of carbonyl (C=O) groups is 1. The summed E-state index contributed by atoms with van der Waals surface area (Å²) in [5.41, 5.74) is 1.60. The molecule has 0 saturated carbocycles. The third kappa shape index (κ3) is 3.77. The van der Waals surface area contributed by atoms with Crippen LogP contribution >= 0.6 is 0 Å². The fourth-order valence-electron chi connectivity index (χ4n) is 2.51. The third-order valence-electron chi connectivity index (χ3n) is 3.38. The Bertz CT molecular complexity index is 581. The minimum atomic E-state index is -0.789. The molecule has 0 bridgehead atoms. The van der Waals surface area contributed by atoms with Crippen molar-refractivity contribution in [3.05, 3.63) is 29.3 Å². The molecule has 4 nitrogen and oxygen atoms in total. The maximum Gasteiger partial charge on any atom is 0.336 e. The maximum absolute atomic E-state index is 12.1. The normalized spacial score (nSPS) is 18.7.